The lowest BCUT2D eigenvalue weighted by molar-refractivity contribution is 0.0932. The van der Waals surface area contributed by atoms with Gasteiger partial charge in [0.05, 0.1) is 6.61 Å². The van der Waals surface area contributed by atoms with E-state index in [1.165, 1.54) is 38.5 Å². The summed E-state index contributed by atoms with van der Waals surface area (Å²) < 4.78 is 5.07. The number of ether oxygens (including phenoxy) is 1. The van der Waals surface area contributed by atoms with Crippen molar-refractivity contribution < 1.29 is 9.53 Å². The maximum absolute atomic E-state index is 11.7. The first kappa shape index (κ1) is 16.6. The summed E-state index contributed by atoms with van der Waals surface area (Å²) in [6.07, 6.45) is 10.2. The molecule has 0 aromatic heterocycles. The van der Waals surface area contributed by atoms with Crippen LogP contribution in [0, 0.1) is 5.92 Å². The zero-order valence-electron chi connectivity index (χ0n) is 13.8. The number of amides is 1. The highest BCUT2D eigenvalue weighted by atomic mass is 16.6. The fraction of sp³-hybridized carbons (Fsp3) is 0.941. The first-order valence-electron chi connectivity index (χ1n) is 8.90. The molecule has 0 bridgehead atoms. The standard InChI is InChI=1S/C17H32N2O2/c1-3-5-14-6-8-15(9-7-14)18-16-10-12-19(13-11-16)17(20)21-4-2/h14-16,18H,3-13H2,1-2H3. The smallest absolute Gasteiger partial charge is 0.409 e. The topological polar surface area (TPSA) is 41.6 Å². The summed E-state index contributed by atoms with van der Waals surface area (Å²) in [5, 5.41) is 3.83. The highest BCUT2D eigenvalue weighted by molar-refractivity contribution is 5.67. The summed E-state index contributed by atoms with van der Waals surface area (Å²) >= 11 is 0. The normalized spacial score (nSPS) is 27.6. The Kier molecular flexibility index (Phi) is 6.81. The summed E-state index contributed by atoms with van der Waals surface area (Å²) in [6, 6.07) is 1.29. The Bertz CT molecular complexity index is 306. The summed E-state index contributed by atoms with van der Waals surface area (Å²) in [5.74, 6) is 0.971. The minimum absolute atomic E-state index is 0.143. The molecular formula is C17H32N2O2. The van der Waals surface area contributed by atoms with E-state index in [0.717, 1.165) is 31.8 Å². The Morgan fingerprint density at radius 3 is 2.24 bits per heavy atom. The molecule has 0 aromatic rings. The fourth-order valence-corrected chi connectivity index (χ4v) is 3.80. The quantitative estimate of drug-likeness (QED) is 0.843. The maximum Gasteiger partial charge on any atom is 0.409 e. The van der Waals surface area contributed by atoms with Crippen LogP contribution >= 0.6 is 0 Å². The van der Waals surface area contributed by atoms with E-state index in [4.69, 9.17) is 4.74 Å². The molecule has 0 atom stereocenters. The summed E-state index contributed by atoms with van der Waals surface area (Å²) in [7, 11) is 0. The summed E-state index contributed by atoms with van der Waals surface area (Å²) in [4.78, 5) is 13.5. The van der Waals surface area contributed by atoms with Gasteiger partial charge in [0.15, 0.2) is 0 Å². The molecule has 2 aliphatic rings. The van der Waals surface area contributed by atoms with E-state index in [-0.39, 0.29) is 6.09 Å². The minimum Gasteiger partial charge on any atom is -0.450 e. The van der Waals surface area contributed by atoms with Gasteiger partial charge in [-0.2, -0.15) is 0 Å². The Hall–Kier alpha value is -0.770. The van der Waals surface area contributed by atoms with Crippen LogP contribution in [0.1, 0.15) is 65.2 Å². The van der Waals surface area contributed by atoms with E-state index in [9.17, 15) is 4.79 Å². The van der Waals surface area contributed by atoms with Gasteiger partial charge in [-0.3, -0.25) is 0 Å². The minimum atomic E-state index is -0.143. The second-order valence-electron chi connectivity index (χ2n) is 6.63. The molecule has 0 spiro atoms. The van der Waals surface area contributed by atoms with Gasteiger partial charge in [0, 0.05) is 25.2 Å². The third-order valence-electron chi connectivity index (χ3n) is 5.04. The number of hydrogen-bond donors (Lipinski definition) is 1. The van der Waals surface area contributed by atoms with Crippen LogP contribution in [-0.4, -0.2) is 42.8 Å². The lowest BCUT2D eigenvalue weighted by Crippen LogP contribution is -2.48. The second-order valence-corrected chi connectivity index (χ2v) is 6.63. The molecule has 1 N–H and O–H groups in total. The molecule has 1 saturated heterocycles. The van der Waals surface area contributed by atoms with Crippen LogP contribution in [0.2, 0.25) is 0 Å². The molecule has 1 amide bonds. The zero-order chi connectivity index (χ0) is 15.1. The van der Waals surface area contributed by atoms with Crippen molar-refractivity contribution in [3.8, 4) is 0 Å². The fourth-order valence-electron chi connectivity index (χ4n) is 3.80. The van der Waals surface area contributed by atoms with Gasteiger partial charge < -0.3 is 15.0 Å². The average molecular weight is 296 g/mol. The number of likely N-dealkylation sites (tertiary alicyclic amines) is 1. The van der Waals surface area contributed by atoms with E-state index < -0.39 is 0 Å². The third kappa shape index (κ3) is 5.17. The van der Waals surface area contributed by atoms with Gasteiger partial charge in [0.1, 0.15) is 0 Å². The molecule has 1 aliphatic heterocycles. The van der Waals surface area contributed by atoms with Gasteiger partial charge in [0.25, 0.3) is 0 Å². The molecule has 2 fully saturated rings. The third-order valence-corrected chi connectivity index (χ3v) is 5.04. The number of rotatable bonds is 5. The van der Waals surface area contributed by atoms with Crippen molar-refractivity contribution in [1.29, 1.82) is 0 Å². The Balaban J connectivity index is 1.64. The zero-order valence-corrected chi connectivity index (χ0v) is 13.8. The summed E-state index contributed by atoms with van der Waals surface area (Å²) in [6.45, 7) is 6.30. The van der Waals surface area contributed by atoms with Crippen molar-refractivity contribution >= 4 is 6.09 Å². The van der Waals surface area contributed by atoms with E-state index >= 15 is 0 Å². The molecule has 122 valence electrons. The van der Waals surface area contributed by atoms with E-state index in [0.29, 0.717) is 18.7 Å². The number of piperidine rings is 1. The van der Waals surface area contributed by atoms with Gasteiger partial charge in [-0.15, -0.1) is 0 Å². The Labute approximate surface area is 129 Å². The first-order valence-corrected chi connectivity index (χ1v) is 8.90. The highest BCUT2D eigenvalue weighted by Crippen LogP contribution is 2.28. The Morgan fingerprint density at radius 2 is 1.67 bits per heavy atom. The van der Waals surface area contributed by atoms with Gasteiger partial charge in [-0.25, -0.2) is 4.79 Å². The van der Waals surface area contributed by atoms with E-state index in [1.807, 2.05) is 11.8 Å². The molecule has 1 heterocycles. The lowest BCUT2D eigenvalue weighted by Gasteiger charge is -2.36. The molecule has 1 saturated carbocycles. The average Bonchev–Trinajstić information content (AvgIpc) is 2.50. The lowest BCUT2D eigenvalue weighted by atomic mass is 9.83. The van der Waals surface area contributed by atoms with Crippen molar-refractivity contribution in [2.24, 2.45) is 5.92 Å². The van der Waals surface area contributed by atoms with Crippen molar-refractivity contribution in [2.75, 3.05) is 19.7 Å². The molecule has 4 nitrogen and oxygen atoms in total. The van der Waals surface area contributed by atoms with Gasteiger partial charge in [-0.1, -0.05) is 19.8 Å². The number of nitrogens with one attached hydrogen (secondary N) is 1. The van der Waals surface area contributed by atoms with Gasteiger partial charge >= 0.3 is 6.09 Å². The Morgan fingerprint density at radius 1 is 1.05 bits per heavy atom. The maximum atomic E-state index is 11.7. The largest absolute Gasteiger partial charge is 0.450 e. The predicted molar refractivity (Wildman–Crippen MR) is 85.4 cm³/mol. The van der Waals surface area contributed by atoms with Gasteiger partial charge in [0.2, 0.25) is 0 Å². The van der Waals surface area contributed by atoms with Crippen LogP contribution in [0.3, 0.4) is 0 Å². The first-order chi connectivity index (χ1) is 10.2. The molecule has 0 unspecified atom stereocenters. The van der Waals surface area contributed by atoms with E-state index in [1.54, 1.807) is 0 Å². The number of hydrogen-bond acceptors (Lipinski definition) is 3. The molecule has 0 aromatic carbocycles. The van der Waals surface area contributed by atoms with Crippen molar-refractivity contribution in [1.82, 2.24) is 10.2 Å². The number of carbonyl (C=O) groups excluding carboxylic acids is 1. The molecule has 2 rings (SSSR count). The van der Waals surface area contributed by atoms with Crippen molar-refractivity contribution in [2.45, 2.75) is 77.3 Å². The van der Waals surface area contributed by atoms with Crippen LogP contribution in [0.25, 0.3) is 0 Å². The summed E-state index contributed by atoms with van der Waals surface area (Å²) in [5.41, 5.74) is 0. The highest BCUT2D eigenvalue weighted by Gasteiger charge is 2.27. The molecule has 0 radical (unpaired) electrons. The van der Waals surface area contributed by atoms with Gasteiger partial charge in [-0.05, 0) is 51.4 Å². The van der Waals surface area contributed by atoms with Crippen LogP contribution < -0.4 is 5.32 Å². The van der Waals surface area contributed by atoms with Crippen LogP contribution in [-0.2, 0) is 4.74 Å². The van der Waals surface area contributed by atoms with Crippen molar-refractivity contribution in [3.05, 3.63) is 0 Å². The molecular weight excluding hydrogens is 264 g/mol. The van der Waals surface area contributed by atoms with Crippen LogP contribution in [0.4, 0.5) is 4.79 Å². The van der Waals surface area contributed by atoms with Crippen LogP contribution in [0.5, 0.6) is 0 Å². The van der Waals surface area contributed by atoms with Crippen molar-refractivity contribution in [3.63, 3.8) is 0 Å². The second kappa shape index (κ2) is 8.62. The monoisotopic (exact) mass is 296 g/mol. The number of nitrogens with zero attached hydrogens (tertiary/aromatic N) is 1. The number of carbonyl (C=O) groups is 1. The molecule has 21 heavy (non-hydrogen) atoms. The SMILES string of the molecule is CCCC1CCC(NC2CCN(C(=O)OCC)CC2)CC1. The van der Waals surface area contributed by atoms with Crippen LogP contribution in [0.15, 0.2) is 0 Å². The molecule has 4 heteroatoms. The predicted octanol–water partition coefficient (Wildman–Crippen LogP) is 3.56. The molecule has 1 aliphatic carbocycles. The van der Waals surface area contributed by atoms with E-state index in [2.05, 4.69) is 12.2 Å².